The van der Waals surface area contributed by atoms with Crippen molar-refractivity contribution in [2.45, 2.75) is 31.2 Å². The summed E-state index contributed by atoms with van der Waals surface area (Å²) in [4.78, 5) is 42.0. The zero-order valence-electron chi connectivity index (χ0n) is 17.5. The van der Waals surface area contributed by atoms with Crippen LogP contribution in [0.1, 0.15) is 20.8 Å². The van der Waals surface area contributed by atoms with Gasteiger partial charge in [0.1, 0.15) is 5.75 Å². The van der Waals surface area contributed by atoms with Crippen LogP contribution in [-0.2, 0) is 4.79 Å². The van der Waals surface area contributed by atoms with Gasteiger partial charge in [-0.2, -0.15) is 0 Å². The van der Waals surface area contributed by atoms with E-state index >= 15 is 0 Å². The largest absolute Gasteiger partial charge is 0.494 e. The first-order valence-electron chi connectivity index (χ1n) is 9.95. The van der Waals surface area contributed by atoms with E-state index in [-0.39, 0.29) is 5.56 Å². The zero-order chi connectivity index (χ0) is 22.4. The Balaban J connectivity index is 2.01. The molecule has 162 valence electrons. The summed E-state index contributed by atoms with van der Waals surface area (Å²) in [5.74, 6) is 0.216. The van der Waals surface area contributed by atoms with E-state index in [1.54, 1.807) is 62.4 Å². The van der Waals surface area contributed by atoms with Crippen molar-refractivity contribution in [1.82, 2.24) is 20.2 Å². The highest BCUT2D eigenvalue weighted by molar-refractivity contribution is 8.00. The second-order valence-electron chi connectivity index (χ2n) is 6.59. The maximum atomic E-state index is 13.3. The maximum absolute atomic E-state index is 13.3. The quantitative estimate of drug-likeness (QED) is 0.432. The molecule has 3 amide bonds. The minimum atomic E-state index is -0.662. The fourth-order valence-electron chi connectivity index (χ4n) is 2.91. The summed E-state index contributed by atoms with van der Waals surface area (Å²) in [6.07, 6.45) is 0. The lowest BCUT2D eigenvalue weighted by Gasteiger charge is -2.16. The fraction of sp³-hybridized carbons (Fsp3) is 0.273. The van der Waals surface area contributed by atoms with E-state index in [2.05, 4.69) is 15.6 Å². The highest BCUT2D eigenvalue weighted by Gasteiger charge is 2.21. The van der Waals surface area contributed by atoms with Crippen molar-refractivity contribution in [1.29, 1.82) is 0 Å². The number of nitrogens with one attached hydrogen (secondary N) is 2. The number of carbonyl (C=O) groups excluding carboxylic acids is 2. The highest BCUT2D eigenvalue weighted by atomic mass is 32.2. The van der Waals surface area contributed by atoms with Crippen molar-refractivity contribution in [3.63, 3.8) is 0 Å². The molecule has 31 heavy (non-hydrogen) atoms. The summed E-state index contributed by atoms with van der Waals surface area (Å²) in [7, 11) is 0. The number of fused-ring (bicyclic) bond motifs is 1. The van der Waals surface area contributed by atoms with E-state index in [4.69, 9.17) is 4.74 Å². The number of imide groups is 1. The number of aromatic nitrogens is 2. The maximum Gasteiger partial charge on any atom is 0.321 e. The Bertz CT molecular complexity index is 1140. The number of urea groups is 1. The molecule has 1 heterocycles. The monoisotopic (exact) mass is 440 g/mol. The third-order valence-corrected chi connectivity index (χ3v) is 5.43. The molecule has 0 aliphatic heterocycles. The lowest BCUT2D eigenvalue weighted by molar-refractivity contribution is -0.119. The molecule has 0 aliphatic rings. The predicted octanol–water partition coefficient (Wildman–Crippen LogP) is 3.11. The summed E-state index contributed by atoms with van der Waals surface area (Å²) in [5, 5.41) is 4.97. The molecule has 0 aliphatic carbocycles. The fourth-order valence-corrected chi connectivity index (χ4v) is 3.83. The summed E-state index contributed by atoms with van der Waals surface area (Å²) >= 11 is 1.11. The average molecular weight is 441 g/mol. The van der Waals surface area contributed by atoms with E-state index in [1.807, 2.05) is 6.92 Å². The molecule has 1 atom stereocenters. The molecular formula is C22H24N4O4S. The van der Waals surface area contributed by atoms with Crippen molar-refractivity contribution in [2.24, 2.45) is 0 Å². The van der Waals surface area contributed by atoms with Crippen LogP contribution in [0.4, 0.5) is 4.79 Å². The van der Waals surface area contributed by atoms with Gasteiger partial charge < -0.3 is 10.1 Å². The smallest absolute Gasteiger partial charge is 0.321 e. The van der Waals surface area contributed by atoms with E-state index < -0.39 is 17.2 Å². The number of hydrogen-bond donors (Lipinski definition) is 2. The molecule has 0 unspecified atom stereocenters. The molecule has 0 fully saturated rings. The molecule has 0 saturated heterocycles. The molecule has 1 aromatic heterocycles. The number of ether oxygens (including phenoxy) is 1. The molecule has 3 aromatic rings. The summed E-state index contributed by atoms with van der Waals surface area (Å²) < 4.78 is 6.95. The minimum Gasteiger partial charge on any atom is -0.494 e. The van der Waals surface area contributed by atoms with Crippen molar-refractivity contribution < 1.29 is 14.3 Å². The van der Waals surface area contributed by atoms with Crippen molar-refractivity contribution in [3.8, 4) is 11.4 Å². The van der Waals surface area contributed by atoms with Crippen LogP contribution in [0.2, 0.25) is 0 Å². The van der Waals surface area contributed by atoms with Crippen LogP contribution in [-0.4, -0.2) is 39.9 Å². The van der Waals surface area contributed by atoms with Crippen LogP contribution < -0.4 is 20.9 Å². The molecule has 0 spiro atoms. The molecule has 3 rings (SSSR count). The Morgan fingerprint density at radius 1 is 1.13 bits per heavy atom. The van der Waals surface area contributed by atoms with Gasteiger partial charge in [0, 0.05) is 6.54 Å². The lowest BCUT2D eigenvalue weighted by atomic mass is 10.2. The first-order chi connectivity index (χ1) is 14.9. The van der Waals surface area contributed by atoms with Gasteiger partial charge in [0.15, 0.2) is 5.16 Å². The average Bonchev–Trinajstić information content (AvgIpc) is 2.75. The Hall–Kier alpha value is -3.33. The van der Waals surface area contributed by atoms with Gasteiger partial charge in [0.2, 0.25) is 5.91 Å². The first-order valence-corrected chi connectivity index (χ1v) is 10.8. The normalized spacial score (nSPS) is 11.7. The summed E-state index contributed by atoms with van der Waals surface area (Å²) in [6, 6.07) is 13.6. The third-order valence-electron chi connectivity index (χ3n) is 4.38. The van der Waals surface area contributed by atoms with Crippen LogP contribution in [0.3, 0.4) is 0 Å². The van der Waals surface area contributed by atoms with Crippen molar-refractivity contribution in [3.05, 3.63) is 58.9 Å². The zero-order valence-corrected chi connectivity index (χ0v) is 18.4. The van der Waals surface area contributed by atoms with Crippen LogP contribution in [0.5, 0.6) is 5.75 Å². The van der Waals surface area contributed by atoms with Gasteiger partial charge in [-0.05, 0) is 57.2 Å². The van der Waals surface area contributed by atoms with Crippen LogP contribution in [0, 0.1) is 0 Å². The van der Waals surface area contributed by atoms with E-state index in [0.29, 0.717) is 40.6 Å². The molecule has 2 aromatic carbocycles. The molecule has 0 saturated carbocycles. The van der Waals surface area contributed by atoms with Gasteiger partial charge in [0.25, 0.3) is 5.56 Å². The third kappa shape index (κ3) is 5.24. The molecule has 9 heteroatoms. The van der Waals surface area contributed by atoms with Crippen molar-refractivity contribution in [2.75, 3.05) is 13.2 Å². The minimum absolute atomic E-state index is 0.242. The molecular weight excluding hydrogens is 416 g/mol. The number of rotatable bonds is 7. The topological polar surface area (TPSA) is 102 Å². The number of hydrogen-bond acceptors (Lipinski definition) is 6. The molecule has 0 bridgehead atoms. The lowest BCUT2D eigenvalue weighted by Crippen LogP contribution is -2.42. The Labute approximate surface area is 184 Å². The van der Waals surface area contributed by atoms with Gasteiger partial charge in [-0.25, -0.2) is 9.78 Å². The van der Waals surface area contributed by atoms with E-state index in [1.165, 1.54) is 4.57 Å². The SMILES string of the molecule is CCNC(=O)NC(=O)[C@@H](C)Sc1nc2ccccc2c(=O)n1-c1ccc(OCC)cc1. The molecule has 2 N–H and O–H groups in total. The standard InChI is InChI=1S/C22H24N4O4S/c1-4-23-21(29)25-19(27)14(3)31-22-24-18-9-7-6-8-17(18)20(28)26(22)15-10-12-16(13-11-15)30-5-2/h6-14H,4-5H2,1-3H3,(H2,23,25,27,29)/t14-/m1/s1. The van der Waals surface area contributed by atoms with Gasteiger partial charge in [-0.3, -0.25) is 19.5 Å². The van der Waals surface area contributed by atoms with Crippen LogP contribution in [0.25, 0.3) is 16.6 Å². The number of benzene rings is 2. The number of carbonyl (C=O) groups is 2. The predicted molar refractivity (Wildman–Crippen MR) is 121 cm³/mol. The number of para-hydroxylation sites is 1. The van der Waals surface area contributed by atoms with E-state index in [0.717, 1.165) is 11.8 Å². The summed E-state index contributed by atoms with van der Waals surface area (Å²) in [6.45, 7) is 6.26. The Morgan fingerprint density at radius 3 is 2.52 bits per heavy atom. The van der Waals surface area contributed by atoms with Crippen LogP contribution >= 0.6 is 11.8 Å². The van der Waals surface area contributed by atoms with Gasteiger partial charge in [-0.15, -0.1) is 0 Å². The Morgan fingerprint density at radius 2 is 1.84 bits per heavy atom. The second-order valence-corrected chi connectivity index (χ2v) is 7.90. The van der Waals surface area contributed by atoms with Crippen LogP contribution in [0.15, 0.2) is 58.5 Å². The number of nitrogens with zero attached hydrogens (tertiary/aromatic N) is 2. The molecule has 8 nitrogen and oxygen atoms in total. The van der Waals surface area contributed by atoms with Gasteiger partial charge in [0.05, 0.1) is 28.4 Å². The summed E-state index contributed by atoms with van der Waals surface area (Å²) in [5.41, 5.74) is 0.896. The van der Waals surface area contributed by atoms with Gasteiger partial charge in [-0.1, -0.05) is 23.9 Å². The van der Waals surface area contributed by atoms with E-state index in [9.17, 15) is 14.4 Å². The molecule has 0 radical (unpaired) electrons. The first kappa shape index (κ1) is 22.4. The Kier molecular flexibility index (Phi) is 7.30. The number of thioether (sulfide) groups is 1. The van der Waals surface area contributed by atoms with Gasteiger partial charge >= 0.3 is 6.03 Å². The highest BCUT2D eigenvalue weighted by Crippen LogP contribution is 2.26. The van der Waals surface area contributed by atoms with Crippen molar-refractivity contribution >= 4 is 34.6 Å². The number of amides is 3. The second kappa shape index (κ2) is 10.1.